The van der Waals surface area contributed by atoms with Gasteiger partial charge in [-0.3, -0.25) is 5.84 Å². The highest BCUT2D eigenvalue weighted by atomic mass is 16.3. The van der Waals surface area contributed by atoms with Crippen LogP contribution >= 0.6 is 0 Å². The molecule has 0 bridgehead atoms. The van der Waals surface area contributed by atoms with Crippen molar-refractivity contribution in [1.29, 1.82) is 0 Å². The molecule has 0 spiro atoms. The van der Waals surface area contributed by atoms with Crippen molar-refractivity contribution in [3.8, 4) is 0 Å². The summed E-state index contributed by atoms with van der Waals surface area (Å²) < 4.78 is 0. The third kappa shape index (κ3) is 1.36. The summed E-state index contributed by atoms with van der Waals surface area (Å²) >= 11 is 0. The van der Waals surface area contributed by atoms with Crippen LogP contribution < -0.4 is 11.3 Å². The number of hydrogen-bond donors (Lipinski definition) is 4. The minimum atomic E-state index is -1.19. The summed E-state index contributed by atoms with van der Waals surface area (Å²) in [5.74, 6) is 5.17. The fourth-order valence-electron chi connectivity index (χ4n) is 0.727. The lowest BCUT2D eigenvalue weighted by atomic mass is 10.1. The molecule has 4 nitrogen and oxygen atoms in total. The molecule has 1 aliphatic rings. The Bertz CT molecular complexity index is 188. The van der Waals surface area contributed by atoms with Crippen LogP contribution in [0.5, 0.6) is 0 Å². The summed E-state index contributed by atoms with van der Waals surface area (Å²) in [5, 5.41) is 18.2. The average Bonchev–Trinajstić information content (AvgIpc) is 1.96. The van der Waals surface area contributed by atoms with Crippen LogP contribution in [0.1, 0.15) is 6.42 Å². The third-order valence-electron chi connectivity index (χ3n) is 1.40. The van der Waals surface area contributed by atoms with E-state index in [1.54, 1.807) is 0 Å². The Hall–Kier alpha value is -0.840. The van der Waals surface area contributed by atoms with E-state index in [4.69, 9.17) is 10.9 Å². The van der Waals surface area contributed by atoms with E-state index < -0.39 is 5.72 Å². The Kier molecular flexibility index (Phi) is 1.76. The molecule has 0 saturated heterocycles. The van der Waals surface area contributed by atoms with Crippen molar-refractivity contribution in [1.82, 2.24) is 5.43 Å². The molecule has 56 valence electrons. The van der Waals surface area contributed by atoms with Crippen LogP contribution in [-0.2, 0) is 0 Å². The predicted octanol–water partition coefficient (Wildman–Crippen LogP) is -0.460. The van der Waals surface area contributed by atoms with Gasteiger partial charge in [-0.25, -0.2) is 5.43 Å². The number of nitrogens with two attached hydrogens (primary N) is 1. The minimum absolute atomic E-state index is 0.153. The molecular weight excluding hydrogens is 132 g/mol. The van der Waals surface area contributed by atoms with Gasteiger partial charge in [-0.2, -0.15) is 0 Å². The van der Waals surface area contributed by atoms with Crippen molar-refractivity contribution in [3.63, 3.8) is 0 Å². The first-order chi connectivity index (χ1) is 4.66. The van der Waals surface area contributed by atoms with Crippen LogP contribution in [0.2, 0.25) is 0 Å². The monoisotopic (exact) mass is 142 g/mol. The summed E-state index contributed by atoms with van der Waals surface area (Å²) in [7, 11) is 0. The molecule has 4 heteroatoms. The molecule has 1 aliphatic carbocycles. The van der Waals surface area contributed by atoms with Gasteiger partial charge in [0.15, 0.2) is 5.72 Å². The highest BCUT2D eigenvalue weighted by Crippen LogP contribution is 2.15. The Morgan fingerprint density at radius 3 is 2.80 bits per heavy atom. The van der Waals surface area contributed by atoms with E-state index in [1.165, 1.54) is 18.2 Å². The third-order valence-corrected chi connectivity index (χ3v) is 1.40. The van der Waals surface area contributed by atoms with Crippen molar-refractivity contribution >= 4 is 0 Å². The molecule has 10 heavy (non-hydrogen) atoms. The summed E-state index contributed by atoms with van der Waals surface area (Å²) in [6.45, 7) is 0. The van der Waals surface area contributed by atoms with E-state index in [9.17, 15) is 5.11 Å². The number of hydrazine groups is 1. The maximum absolute atomic E-state index is 9.32. The van der Waals surface area contributed by atoms with Crippen molar-refractivity contribution in [2.24, 2.45) is 5.84 Å². The van der Waals surface area contributed by atoms with Crippen LogP contribution in [0.3, 0.4) is 0 Å². The van der Waals surface area contributed by atoms with Gasteiger partial charge in [0.1, 0.15) is 5.76 Å². The zero-order chi connectivity index (χ0) is 7.61. The second kappa shape index (κ2) is 2.42. The zero-order valence-electron chi connectivity index (χ0n) is 5.41. The average molecular weight is 142 g/mol. The minimum Gasteiger partial charge on any atom is -0.508 e. The molecule has 1 unspecified atom stereocenters. The Morgan fingerprint density at radius 1 is 1.70 bits per heavy atom. The maximum Gasteiger partial charge on any atom is 0.151 e. The molecule has 0 aromatic rings. The quantitative estimate of drug-likeness (QED) is 0.227. The highest BCUT2D eigenvalue weighted by Gasteiger charge is 2.22. The molecule has 0 heterocycles. The molecule has 1 rings (SSSR count). The lowest BCUT2D eigenvalue weighted by Gasteiger charge is -2.23. The molecule has 0 aliphatic heterocycles. The molecule has 1 atom stereocenters. The lowest BCUT2D eigenvalue weighted by Crippen LogP contribution is -2.48. The van der Waals surface area contributed by atoms with E-state index in [1.807, 2.05) is 0 Å². The van der Waals surface area contributed by atoms with Crippen molar-refractivity contribution in [2.45, 2.75) is 12.1 Å². The number of rotatable bonds is 1. The molecule has 0 saturated carbocycles. The SMILES string of the molecule is NNC1(O)C=CC(O)=CC1. The largest absolute Gasteiger partial charge is 0.508 e. The van der Waals surface area contributed by atoms with Crippen molar-refractivity contribution < 1.29 is 10.2 Å². The van der Waals surface area contributed by atoms with Gasteiger partial charge in [0.2, 0.25) is 0 Å². The van der Waals surface area contributed by atoms with E-state index >= 15 is 0 Å². The molecule has 0 fully saturated rings. The second-order valence-corrected chi connectivity index (χ2v) is 2.24. The molecular formula is C6H10N2O2. The lowest BCUT2D eigenvalue weighted by molar-refractivity contribution is 0.0547. The van der Waals surface area contributed by atoms with E-state index in [2.05, 4.69) is 5.43 Å². The van der Waals surface area contributed by atoms with E-state index in [0.29, 0.717) is 0 Å². The van der Waals surface area contributed by atoms with Gasteiger partial charge in [-0.05, 0) is 18.2 Å². The number of aliphatic hydroxyl groups excluding tert-OH is 1. The number of hydrogen-bond acceptors (Lipinski definition) is 4. The molecule has 0 radical (unpaired) electrons. The van der Waals surface area contributed by atoms with E-state index in [0.717, 1.165) is 0 Å². The molecule has 0 aromatic carbocycles. The van der Waals surface area contributed by atoms with Gasteiger partial charge in [0.05, 0.1) is 0 Å². The van der Waals surface area contributed by atoms with Gasteiger partial charge < -0.3 is 10.2 Å². The summed E-state index contributed by atoms with van der Waals surface area (Å²) in [6.07, 6.45) is 4.57. The first kappa shape index (κ1) is 7.27. The second-order valence-electron chi connectivity index (χ2n) is 2.24. The van der Waals surface area contributed by atoms with Gasteiger partial charge >= 0.3 is 0 Å². The summed E-state index contributed by atoms with van der Waals surface area (Å²) in [4.78, 5) is 0. The van der Waals surface area contributed by atoms with Crippen molar-refractivity contribution in [2.75, 3.05) is 0 Å². The standard InChI is InChI=1S/C6H10N2O2/c7-8-6(10)3-1-5(9)2-4-6/h1-3,8-10H,4,7H2. The predicted molar refractivity (Wildman–Crippen MR) is 36.7 cm³/mol. The van der Waals surface area contributed by atoms with Gasteiger partial charge in [0.25, 0.3) is 0 Å². The molecule has 5 N–H and O–H groups in total. The smallest absolute Gasteiger partial charge is 0.151 e. The Balaban J connectivity index is 2.67. The van der Waals surface area contributed by atoms with Gasteiger partial charge in [-0.1, -0.05) is 0 Å². The van der Waals surface area contributed by atoms with Crippen LogP contribution in [0.15, 0.2) is 24.0 Å². The van der Waals surface area contributed by atoms with E-state index in [-0.39, 0.29) is 12.2 Å². The van der Waals surface area contributed by atoms with Gasteiger partial charge in [-0.15, -0.1) is 0 Å². The summed E-state index contributed by atoms with van der Waals surface area (Å²) in [6, 6.07) is 0. The number of nitrogens with one attached hydrogen (secondary N) is 1. The normalized spacial score (nSPS) is 32.0. The molecule has 0 aromatic heterocycles. The Labute approximate surface area is 58.6 Å². The number of allylic oxidation sites excluding steroid dienone is 1. The maximum atomic E-state index is 9.32. The Morgan fingerprint density at radius 2 is 2.40 bits per heavy atom. The summed E-state index contributed by atoms with van der Waals surface area (Å²) in [5.41, 5.74) is 1.03. The van der Waals surface area contributed by atoms with Crippen LogP contribution in [-0.4, -0.2) is 15.9 Å². The topological polar surface area (TPSA) is 78.5 Å². The van der Waals surface area contributed by atoms with Crippen LogP contribution in [0.25, 0.3) is 0 Å². The van der Waals surface area contributed by atoms with Crippen LogP contribution in [0, 0.1) is 0 Å². The zero-order valence-corrected chi connectivity index (χ0v) is 5.41. The van der Waals surface area contributed by atoms with Crippen molar-refractivity contribution in [3.05, 3.63) is 24.0 Å². The first-order valence-corrected chi connectivity index (χ1v) is 2.95. The number of aliphatic hydroxyl groups is 2. The molecule has 0 amide bonds. The van der Waals surface area contributed by atoms with Gasteiger partial charge in [0, 0.05) is 6.42 Å². The fraction of sp³-hybridized carbons (Fsp3) is 0.333. The highest BCUT2D eigenvalue weighted by molar-refractivity contribution is 5.21. The fourth-order valence-corrected chi connectivity index (χ4v) is 0.727. The first-order valence-electron chi connectivity index (χ1n) is 2.95. The van der Waals surface area contributed by atoms with Crippen LogP contribution in [0.4, 0.5) is 0 Å².